The van der Waals surface area contributed by atoms with Crippen molar-refractivity contribution < 1.29 is 36.9 Å². The molecular formula is C9H17O8PS. The summed E-state index contributed by atoms with van der Waals surface area (Å²) in [5.74, 6) is -0.362. The van der Waals surface area contributed by atoms with E-state index in [0.717, 1.165) is 0 Å². The van der Waals surface area contributed by atoms with Crippen molar-refractivity contribution in [3.8, 4) is 0 Å². The van der Waals surface area contributed by atoms with E-state index in [9.17, 15) is 17.8 Å². The van der Waals surface area contributed by atoms with Crippen LogP contribution in [-0.4, -0.2) is 41.1 Å². The van der Waals surface area contributed by atoms with Gasteiger partial charge in [0.25, 0.3) is 10.1 Å². The zero-order chi connectivity index (χ0) is 15.7. The fourth-order valence-corrected chi connectivity index (χ4v) is 1.01. The van der Waals surface area contributed by atoms with Gasteiger partial charge in [-0.15, -0.1) is 0 Å². The molecule has 0 bridgehead atoms. The maximum absolute atomic E-state index is 10.7. The number of esters is 1. The molecule has 0 saturated heterocycles. The number of hydrogen-bond donors (Lipinski definition) is 3. The average molecular weight is 316 g/mol. The molecule has 0 aromatic heterocycles. The van der Waals surface area contributed by atoms with Crippen LogP contribution in [0.15, 0.2) is 24.5 Å². The molecular weight excluding hydrogens is 299 g/mol. The van der Waals surface area contributed by atoms with Crippen LogP contribution in [0, 0.1) is 0 Å². The van der Waals surface area contributed by atoms with Crippen molar-refractivity contribution in [3.05, 3.63) is 24.5 Å². The lowest BCUT2D eigenvalue weighted by atomic mass is 10.4. The first kappa shape index (κ1) is 20.3. The van der Waals surface area contributed by atoms with Crippen LogP contribution in [0.1, 0.15) is 13.3 Å². The molecule has 0 aromatic rings. The van der Waals surface area contributed by atoms with E-state index in [1.54, 1.807) is 0 Å². The minimum Gasteiger partial charge on any atom is -0.462 e. The van der Waals surface area contributed by atoms with Gasteiger partial charge in [0.05, 0.1) is 12.4 Å². The third-order valence-electron chi connectivity index (χ3n) is 1.37. The van der Waals surface area contributed by atoms with Crippen LogP contribution in [0.5, 0.6) is 0 Å². The first-order chi connectivity index (χ1) is 8.39. The number of ether oxygens (including phenoxy) is 1. The topological polar surface area (TPSA) is 138 Å². The first-order valence-corrected chi connectivity index (χ1v) is 8.14. The molecule has 0 saturated carbocycles. The third-order valence-corrected chi connectivity index (χ3v) is 2.65. The van der Waals surface area contributed by atoms with Crippen LogP contribution in [-0.2, 0) is 24.2 Å². The molecule has 0 aliphatic heterocycles. The molecule has 112 valence electrons. The standard InChI is InChI=1S/C7H12O5S.C2H5O3P/c1-6(2)7(8)12-4-3-5-13(9,10)11;1-2-6(3,4)5/h1,3-5H2,2H3,(H,9,10,11);2H,1H2,(H2,3,4,5). The summed E-state index contributed by atoms with van der Waals surface area (Å²) >= 11 is 0. The predicted molar refractivity (Wildman–Crippen MR) is 69.0 cm³/mol. The van der Waals surface area contributed by atoms with Gasteiger partial charge in [-0.3, -0.25) is 9.12 Å². The van der Waals surface area contributed by atoms with E-state index in [4.69, 9.17) is 14.3 Å². The monoisotopic (exact) mass is 316 g/mol. The van der Waals surface area contributed by atoms with Gasteiger partial charge in [0.2, 0.25) is 0 Å². The average Bonchev–Trinajstić information content (AvgIpc) is 2.22. The highest BCUT2D eigenvalue weighted by atomic mass is 32.2. The van der Waals surface area contributed by atoms with Gasteiger partial charge in [-0.1, -0.05) is 13.2 Å². The van der Waals surface area contributed by atoms with Crippen LogP contribution in [0.25, 0.3) is 0 Å². The normalized spacial score (nSPS) is 10.9. The quantitative estimate of drug-likeness (QED) is 0.214. The van der Waals surface area contributed by atoms with Crippen LogP contribution in [0.2, 0.25) is 0 Å². The summed E-state index contributed by atoms with van der Waals surface area (Å²) in [4.78, 5) is 26.4. The Hall–Kier alpha value is -0.990. The molecule has 0 radical (unpaired) electrons. The Labute approximate surface area is 111 Å². The second-order valence-corrected chi connectivity index (χ2v) is 6.44. The van der Waals surface area contributed by atoms with Crippen LogP contribution in [0.4, 0.5) is 0 Å². The first-order valence-electron chi connectivity index (χ1n) is 4.85. The largest absolute Gasteiger partial charge is 0.462 e. The molecule has 0 unspecified atom stereocenters. The molecule has 8 nitrogen and oxygen atoms in total. The van der Waals surface area contributed by atoms with Gasteiger partial charge in [-0.05, 0) is 13.3 Å². The molecule has 3 N–H and O–H groups in total. The number of hydrogen-bond acceptors (Lipinski definition) is 5. The van der Waals surface area contributed by atoms with Gasteiger partial charge in [0.15, 0.2) is 0 Å². The molecule has 0 fully saturated rings. The Bertz CT molecular complexity index is 461. The number of carbonyl (C=O) groups excluding carboxylic acids is 1. The third kappa shape index (κ3) is 19.5. The summed E-state index contributed by atoms with van der Waals surface area (Å²) in [7, 11) is -7.84. The molecule has 0 rings (SSSR count). The summed E-state index contributed by atoms with van der Waals surface area (Å²) in [6.45, 7) is 7.66. The summed E-state index contributed by atoms with van der Waals surface area (Å²) in [6, 6.07) is 0. The highest BCUT2D eigenvalue weighted by Gasteiger charge is 2.06. The zero-order valence-corrected chi connectivity index (χ0v) is 12.1. The lowest BCUT2D eigenvalue weighted by molar-refractivity contribution is -0.138. The maximum Gasteiger partial charge on any atom is 0.348 e. The van der Waals surface area contributed by atoms with Crippen molar-refractivity contribution in [2.45, 2.75) is 13.3 Å². The second-order valence-electron chi connectivity index (χ2n) is 3.33. The summed E-state index contributed by atoms with van der Waals surface area (Å²) in [5, 5.41) is 0. The zero-order valence-electron chi connectivity index (χ0n) is 10.4. The van der Waals surface area contributed by atoms with Gasteiger partial charge >= 0.3 is 13.6 Å². The smallest absolute Gasteiger partial charge is 0.348 e. The Morgan fingerprint density at radius 1 is 1.42 bits per heavy atom. The number of rotatable bonds is 6. The molecule has 0 aromatic carbocycles. The van der Waals surface area contributed by atoms with Crippen LogP contribution in [0.3, 0.4) is 0 Å². The van der Waals surface area contributed by atoms with E-state index in [0.29, 0.717) is 5.82 Å². The van der Waals surface area contributed by atoms with E-state index in [1.165, 1.54) is 6.92 Å². The highest BCUT2D eigenvalue weighted by Crippen LogP contribution is 2.34. The Balaban J connectivity index is 0. The molecule has 0 atom stereocenters. The van der Waals surface area contributed by atoms with E-state index in [2.05, 4.69) is 17.9 Å². The van der Waals surface area contributed by atoms with E-state index >= 15 is 0 Å². The van der Waals surface area contributed by atoms with Crippen molar-refractivity contribution >= 4 is 23.7 Å². The van der Waals surface area contributed by atoms with Crippen molar-refractivity contribution in [1.29, 1.82) is 0 Å². The van der Waals surface area contributed by atoms with E-state index in [-0.39, 0.29) is 18.6 Å². The SMILES string of the molecule is C=C(C)C(=O)OCCCS(=O)(=O)O.C=CP(=O)(O)O. The fraction of sp³-hybridized carbons (Fsp3) is 0.444. The Morgan fingerprint density at radius 3 is 2.11 bits per heavy atom. The minimum absolute atomic E-state index is 0.0362. The van der Waals surface area contributed by atoms with E-state index in [1.807, 2.05) is 0 Å². The maximum atomic E-state index is 10.7. The molecule has 0 heterocycles. The fourth-order valence-electron chi connectivity index (χ4n) is 0.529. The van der Waals surface area contributed by atoms with Gasteiger partial charge < -0.3 is 14.5 Å². The molecule has 19 heavy (non-hydrogen) atoms. The van der Waals surface area contributed by atoms with Crippen molar-refractivity contribution in [3.63, 3.8) is 0 Å². The Kier molecular flexibility index (Phi) is 9.63. The van der Waals surface area contributed by atoms with Crippen molar-refractivity contribution in [2.24, 2.45) is 0 Å². The predicted octanol–water partition coefficient (Wildman–Crippen LogP) is 0.691. The van der Waals surface area contributed by atoms with Crippen molar-refractivity contribution in [2.75, 3.05) is 12.4 Å². The lowest BCUT2D eigenvalue weighted by Crippen LogP contribution is -2.11. The van der Waals surface area contributed by atoms with E-state index < -0.39 is 29.4 Å². The molecule has 0 aliphatic rings. The molecule has 0 spiro atoms. The highest BCUT2D eigenvalue weighted by molar-refractivity contribution is 7.85. The van der Waals surface area contributed by atoms with Gasteiger partial charge in [-0.25, -0.2) is 4.79 Å². The summed E-state index contributed by atoms with van der Waals surface area (Å²) in [5.41, 5.74) is 0.256. The summed E-state index contributed by atoms with van der Waals surface area (Å²) < 4.78 is 42.9. The number of carbonyl (C=O) groups is 1. The van der Waals surface area contributed by atoms with Crippen molar-refractivity contribution in [1.82, 2.24) is 0 Å². The summed E-state index contributed by atoms with van der Waals surface area (Å²) in [6.07, 6.45) is 0.0812. The molecule has 0 amide bonds. The lowest BCUT2D eigenvalue weighted by Gasteiger charge is -2.02. The molecule has 10 heteroatoms. The van der Waals surface area contributed by atoms with Gasteiger partial charge in [0.1, 0.15) is 0 Å². The van der Waals surface area contributed by atoms with Gasteiger partial charge in [0, 0.05) is 11.4 Å². The Morgan fingerprint density at radius 2 is 1.84 bits per heavy atom. The minimum atomic E-state index is -3.96. The second kappa shape index (κ2) is 9.00. The van der Waals surface area contributed by atoms with Crippen LogP contribution < -0.4 is 0 Å². The van der Waals surface area contributed by atoms with Gasteiger partial charge in [-0.2, -0.15) is 8.42 Å². The molecule has 0 aliphatic carbocycles. The van der Waals surface area contributed by atoms with Crippen LogP contribution >= 0.6 is 7.60 Å².